The van der Waals surface area contributed by atoms with E-state index in [0.29, 0.717) is 17.4 Å². The van der Waals surface area contributed by atoms with E-state index in [0.717, 1.165) is 47.0 Å². The summed E-state index contributed by atoms with van der Waals surface area (Å²) in [5, 5.41) is 7.90. The third-order valence-corrected chi connectivity index (χ3v) is 4.95. The molecule has 0 saturated carbocycles. The average molecular weight is 354 g/mol. The summed E-state index contributed by atoms with van der Waals surface area (Å²) in [6, 6.07) is 4.13. The molecule has 1 aliphatic heterocycles. The minimum absolute atomic E-state index is 0.117. The van der Waals surface area contributed by atoms with Gasteiger partial charge >= 0.3 is 0 Å². The van der Waals surface area contributed by atoms with E-state index in [2.05, 4.69) is 39.5 Å². The van der Waals surface area contributed by atoms with Gasteiger partial charge in [0, 0.05) is 17.5 Å². The number of amides is 1. The second kappa shape index (κ2) is 6.57. The van der Waals surface area contributed by atoms with Gasteiger partial charge in [0.25, 0.3) is 11.8 Å². The number of carbonyl (C=O) groups excluding carboxylic acids is 1. The topological polar surface area (TPSA) is 93.0 Å². The largest absolute Gasteiger partial charge is 0.368 e. The van der Waals surface area contributed by atoms with Crippen molar-refractivity contribution in [1.29, 1.82) is 0 Å². The fraction of sp³-hybridized carbons (Fsp3) is 0.421. The SMILES string of the molecule is Cc1ccc(C)c2c(C)c(C(=O)NCc3noc(C4CCCO4)n3)[nH]c12. The molecule has 3 heterocycles. The molecule has 1 fully saturated rings. The van der Waals surface area contributed by atoms with E-state index in [1.807, 2.05) is 13.8 Å². The monoisotopic (exact) mass is 354 g/mol. The van der Waals surface area contributed by atoms with Gasteiger partial charge < -0.3 is 19.6 Å². The van der Waals surface area contributed by atoms with Crippen LogP contribution in [0.3, 0.4) is 0 Å². The molecule has 2 aromatic heterocycles. The molecule has 1 amide bonds. The van der Waals surface area contributed by atoms with Gasteiger partial charge in [0.15, 0.2) is 5.82 Å². The number of aromatic nitrogens is 3. The van der Waals surface area contributed by atoms with Gasteiger partial charge in [-0.05, 0) is 50.3 Å². The maximum atomic E-state index is 12.6. The van der Waals surface area contributed by atoms with Crippen molar-refractivity contribution in [3.63, 3.8) is 0 Å². The number of aromatic amines is 1. The van der Waals surface area contributed by atoms with Crippen LogP contribution in [0.4, 0.5) is 0 Å². The van der Waals surface area contributed by atoms with Gasteiger partial charge in [-0.25, -0.2) is 0 Å². The summed E-state index contributed by atoms with van der Waals surface area (Å²) in [5.74, 6) is 0.755. The summed E-state index contributed by atoms with van der Waals surface area (Å²) in [4.78, 5) is 20.2. The Labute approximate surface area is 151 Å². The molecular formula is C19H22N4O3. The van der Waals surface area contributed by atoms with Crippen molar-refractivity contribution in [3.05, 3.63) is 46.2 Å². The van der Waals surface area contributed by atoms with Gasteiger partial charge in [0.1, 0.15) is 11.8 Å². The number of fused-ring (bicyclic) bond motifs is 1. The van der Waals surface area contributed by atoms with Crippen molar-refractivity contribution in [2.75, 3.05) is 6.61 Å². The fourth-order valence-electron chi connectivity index (χ4n) is 3.52. The average Bonchev–Trinajstić information content (AvgIpc) is 3.35. The summed E-state index contributed by atoms with van der Waals surface area (Å²) >= 11 is 0. The van der Waals surface area contributed by atoms with E-state index in [1.54, 1.807) is 0 Å². The maximum Gasteiger partial charge on any atom is 0.268 e. The molecule has 136 valence electrons. The lowest BCUT2D eigenvalue weighted by Crippen LogP contribution is -2.24. The van der Waals surface area contributed by atoms with Crippen LogP contribution in [-0.4, -0.2) is 27.6 Å². The minimum atomic E-state index is -0.180. The number of ether oxygens (including phenoxy) is 1. The Kier molecular flexibility index (Phi) is 4.24. The third kappa shape index (κ3) is 2.88. The van der Waals surface area contributed by atoms with Crippen LogP contribution in [0, 0.1) is 20.8 Å². The molecule has 2 N–H and O–H groups in total. The number of nitrogens with one attached hydrogen (secondary N) is 2. The molecule has 7 heteroatoms. The number of carbonyl (C=O) groups is 1. The molecule has 1 atom stereocenters. The van der Waals surface area contributed by atoms with Crippen molar-refractivity contribution in [2.45, 2.75) is 46.3 Å². The van der Waals surface area contributed by atoms with Gasteiger partial charge in [0.2, 0.25) is 0 Å². The summed E-state index contributed by atoms with van der Waals surface area (Å²) in [5.41, 5.74) is 4.80. The zero-order valence-corrected chi connectivity index (χ0v) is 15.2. The van der Waals surface area contributed by atoms with Crippen LogP contribution >= 0.6 is 0 Å². The van der Waals surface area contributed by atoms with Gasteiger partial charge in [-0.15, -0.1) is 0 Å². The van der Waals surface area contributed by atoms with E-state index < -0.39 is 0 Å². The predicted octanol–water partition coefficient (Wildman–Crippen LogP) is 3.26. The van der Waals surface area contributed by atoms with Gasteiger partial charge in [0.05, 0.1) is 6.54 Å². The van der Waals surface area contributed by atoms with Gasteiger partial charge in [-0.3, -0.25) is 4.79 Å². The van der Waals surface area contributed by atoms with Crippen LogP contribution in [0.5, 0.6) is 0 Å². The summed E-state index contributed by atoms with van der Waals surface area (Å²) in [6.07, 6.45) is 1.77. The van der Waals surface area contributed by atoms with Crippen molar-refractivity contribution >= 4 is 16.8 Å². The molecule has 1 unspecified atom stereocenters. The highest BCUT2D eigenvalue weighted by atomic mass is 16.5. The molecule has 26 heavy (non-hydrogen) atoms. The Morgan fingerprint density at radius 3 is 2.85 bits per heavy atom. The number of rotatable bonds is 4. The number of H-pyrrole nitrogens is 1. The molecule has 4 rings (SSSR count). The first-order valence-electron chi connectivity index (χ1n) is 8.85. The highest BCUT2D eigenvalue weighted by molar-refractivity contribution is 6.02. The Hall–Kier alpha value is -2.67. The minimum Gasteiger partial charge on any atom is -0.368 e. The number of benzene rings is 1. The summed E-state index contributed by atoms with van der Waals surface area (Å²) < 4.78 is 10.8. The van der Waals surface area contributed by atoms with Crippen LogP contribution in [-0.2, 0) is 11.3 Å². The Bertz CT molecular complexity index is 967. The van der Waals surface area contributed by atoms with E-state index in [4.69, 9.17) is 9.26 Å². The molecule has 0 spiro atoms. The van der Waals surface area contributed by atoms with Gasteiger partial charge in [-0.1, -0.05) is 17.3 Å². The first kappa shape index (κ1) is 16.8. The van der Waals surface area contributed by atoms with Crippen molar-refractivity contribution in [2.24, 2.45) is 0 Å². The van der Waals surface area contributed by atoms with Gasteiger partial charge in [-0.2, -0.15) is 4.98 Å². The molecule has 1 saturated heterocycles. The zero-order chi connectivity index (χ0) is 18.3. The standard InChI is InChI=1S/C19H22N4O3/c1-10-6-7-11(2)16-15(10)12(3)17(22-16)18(24)20-9-14-21-19(26-23-14)13-5-4-8-25-13/h6-7,13,22H,4-5,8-9H2,1-3H3,(H,20,24). The smallest absolute Gasteiger partial charge is 0.268 e. The number of aryl methyl sites for hydroxylation is 3. The Morgan fingerprint density at radius 1 is 1.31 bits per heavy atom. The normalized spacial score (nSPS) is 17.1. The quantitative estimate of drug-likeness (QED) is 0.750. The molecule has 0 radical (unpaired) electrons. The molecule has 1 aliphatic rings. The van der Waals surface area contributed by atoms with Crippen molar-refractivity contribution in [1.82, 2.24) is 20.4 Å². The second-order valence-electron chi connectivity index (χ2n) is 6.81. The fourth-order valence-corrected chi connectivity index (χ4v) is 3.52. The highest BCUT2D eigenvalue weighted by Gasteiger charge is 2.24. The first-order valence-corrected chi connectivity index (χ1v) is 8.85. The van der Waals surface area contributed by atoms with Crippen LogP contribution in [0.2, 0.25) is 0 Å². The maximum absolute atomic E-state index is 12.6. The van der Waals surface area contributed by atoms with Crippen LogP contribution in [0.1, 0.15) is 57.8 Å². The molecule has 1 aromatic carbocycles. The van der Waals surface area contributed by atoms with Crippen molar-refractivity contribution in [3.8, 4) is 0 Å². The first-order chi connectivity index (χ1) is 12.5. The van der Waals surface area contributed by atoms with Crippen LogP contribution in [0.15, 0.2) is 16.7 Å². The summed E-state index contributed by atoms with van der Waals surface area (Å²) in [7, 11) is 0. The second-order valence-corrected chi connectivity index (χ2v) is 6.81. The Balaban J connectivity index is 1.50. The molecular weight excluding hydrogens is 332 g/mol. The molecule has 3 aromatic rings. The number of hydrogen-bond donors (Lipinski definition) is 2. The van der Waals surface area contributed by atoms with Crippen LogP contribution < -0.4 is 5.32 Å². The van der Waals surface area contributed by atoms with E-state index in [-0.39, 0.29) is 18.6 Å². The third-order valence-electron chi connectivity index (χ3n) is 4.95. The lowest BCUT2D eigenvalue weighted by atomic mass is 10.0. The Morgan fingerprint density at radius 2 is 2.12 bits per heavy atom. The summed E-state index contributed by atoms with van der Waals surface area (Å²) in [6.45, 7) is 6.98. The van der Waals surface area contributed by atoms with E-state index >= 15 is 0 Å². The van der Waals surface area contributed by atoms with E-state index in [1.165, 1.54) is 0 Å². The number of hydrogen-bond acceptors (Lipinski definition) is 5. The molecule has 0 aliphatic carbocycles. The lowest BCUT2D eigenvalue weighted by Gasteiger charge is -2.02. The van der Waals surface area contributed by atoms with Crippen LogP contribution in [0.25, 0.3) is 10.9 Å². The predicted molar refractivity (Wildman–Crippen MR) is 95.9 cm³/mol. The van der Waals surface area contributed by atoms with E-state index in [9.17, 15) is 4.79 Å². The molecule has 0 bridgehead atoms. The highest BCUT2D eigenvalue weighted by Crippen LogP contribution is 2.28. The lowest BCUT2D eigenvalue weighted by molar-refractivity contribution is 0.0835. The number of nitrogens with zero attached hydrogens (tertiary/aromatic N) is 2. The zero-order valence-electron chi connectivity index (χ0n) is 15.2. The molecule has 7 nitrogen and oxygen atoms in total. The van der Waals surface area contributed by atoms with Crippen molar-refractivity contribution < 1.29 is 14.1 Å².